The summed E-state index contributed by atoms with van der Waals surface area (Å²) < 4.78 is 0. The molecule has 2 heterocycles. The molecule has 2 atom stereocenters. The molecule has 2 N–H and O–H groups in total. The van der Waals surface area contributed by atoms with Gasteiger partial charge in [0.25, 0.3) is 0 Å². The number of anilines is 1. The molecule has 1 saturated carbocycles. The Hall–Kier alpha value is -1.65. The molecule has 1 aromatic heterocycles. The molecule has 2 fully saturated rings. The maximum absolute atomic E-state index is 12.4. The van der Waals surface area contributed by atoms with Gasteiger partial charge in [0.05, 0.1) is 6.54 Å². The third-order valence-corrected chi connectivity index (χ3v) is 4.84. The molecule has 0 bridgehead atoms. The molecule has 9 heteroatoms. The largest absolute Gasteiger partial charge is 0.357 e. The molecule has 0 radical (unpaired) electrons. The number of halogens is 1. The standard InChI is InChI=1S/C18H29N7O.HI/c1-3-19-17(23-15-13-14(15)2)20-8-5-16(26)24-9-11-25(12-10-24)18-21-6-4-7-22-18;/h4,6-7,14-15H,3,5,8-13H2,1-2H3,(H2,19,20,23);1H. The highest BCUT2D eigenvalue weighted by molar-refractivity contribution is 14.0. The summed E-state index contributed by atoms with van der Waals surface area (Å²) in [5, 5.41) is 6.66. The molecule has 2 aliphatic rings. The number of rotatable bonds is 6. The molecule has 0 spiro atoms. The monoisotopic (exact) mass is 487 g/mol. The normalized spacial score (nSPS) is 22.1. The molecule has 2 unspecified atom stereocenters. The van der Waals surface area contributed by atoms with E-state index in [4.69, 9.17) is 0 Å². The highest BCUT2D eigenvalue weighted by Crippen LogP contribution is 2.28. The van der Waals surface area contributed by atoms with Crippen LogP contribution in [0.2, 0.25) is 0 Å². The number of nitrogens with one attached hydrogen (secondary N) is 2. The number of aromatic nitrogens is 2. The van der Waals surface area contributed by atoms with Crippen molar-refractivity contribution in [1.29, 1.82) is 0 Å². The van der Waals surface area contributed by atoms with Gasteiger partial charge in [-0.05, 0) is 25.3 Å². The predicted molar refractivity (Wildman–Crippen MR) is 118 cm³/mol. The minimum Gasteiger partial charge on any atom is -0.357 e. The van der Waals surface area contributed by atoms with Gasteiger partial charge in [-0.15, -0.1) is 24.0 Å². The molecule has 1 aliphatic heterocycles. The van der Waals surface area contributed by atoms with Crippen molar-refractivity contribution in [2.45, 2.75) is 32.7 Å². The van der Waals surface area contributed by atoms with Crippen LogP contribution in [0.25, 0.3) is 0 Å². The summed E-state index contributed by atoms with van der Waals surface area (Å²) in [7, 11) is 0. The summed E-state index contributed by atoms with van der Waals surface area (Å²) >= 11 is 0. The first kappa shape index (κ1) is 21.6. The number of amides is 1. The van der Waals surface area contributed by atoms with Crippen LogP contribution in [0.5, 0.6) is 0 Å². The third-order valence-electron chi connectivity index (χ3n) is 4.84. The quantitative estimate of drug-likeness (QED) is 0.355. The topological polar surface area (TPSA) is 85.8 Å². The fourth-order valence-electron chi connectivity index (χ4n) is 3.05. The molecule has 1 aliphatic carbocycles. The molecule has 8 nitrogen and oxygen atoms in total. The molecule has 27 heavy (non-hydrogen) atoms. The Balaban J connectivity index is 0.00000261. The molecule has 1 amide bonds. The van der Waals surface area contributed by atoms with Crippen molar-refractivity contribution in [2.24, 2.45) is 10.9 Å². The highest BCUT2D eigenvalue weighted by Gasteiger charge is 2.33. The van der Waals surface area contributed by atoms with Gasteiger partial charge in [-0.25, -0.2) is 9.97 Å². The summed E-state index contributed by atoms with van der Waals surface area (Å²) in [6, 6.07) is 2.33. The van der Waals surface area contributed by atoms with E-state index in [1.165, 1.54) is 6.42 Å². The van der Waals surface area contributed by atoms with E-state index in [9.17, 15) is 4.79 Å². The lowest BCUT2D eigenvalue weighted by molar-refractivity contribution is -0.131. The first-order chi connectivity index (χ1) is 12.7. The summed E-state index contributed by atoms with van der Waals surface area (Å²) in [4.78, 5) is 29.6. The number of aliphatic imine (C=N–C) groups is 1. The summed E-state index contributed by atoms with van der Waals surface area (Å²) in [5.74, 6) is 2.43. The van der Waals surface area contributed by atoms with Crippen molar-refractivity contribution in [3.63, 3.8) is 0 Å². The minimum absolute atomic E-state index is 0. The Bertz CT molecular complexity index is 619. The van der Waals surface area contributed by atoms with E-state index in [2.05, 4.69) is 44.3 Å². The maximum atomic E-state index is 12.4. The number of piperazine rings is 1. The zero-order chi connectivity index (χ0) is 18.4. The van der Waals surface area contributed by atoms with E-state index in [0.29, 0.717) is 38.0 Å². The number of carbonyl (C=O) groups is 1. The SMILES string of the molecule is CCNC(=NCCC(=O)N1CCN(c2ncccn2)CC1)NC1CC1C.I. The van der Waals surface area contributed by atoms with Crippen LogP contribution < -0.4 is 15.5 Å². The molecule has 1 aromatic rings. The summed E-state index contributed by atoms with van der Waals surface area (Å²) in [6.45, 7) is 8.56. The van der Waals surface area contributed by atoms with Crippen molar-refractivity contribution in [3.05, 3.63) is 18.5 Å². The van der Waals surface area contributed by atoms with Crippen molar-refractivity contribution < 1.29 is 4.79 Å². The van der Waals surface area contributed by atoms with Gasteiger partial charge < -0.3 is 20.4 Å². The fourth-order valence-corrected chi connectivity index (χ4v) is 3.05. The lowest BCUT2D eigenvalue weighted by Gasteiger charge is -2.34. The summed E-state index contributed by atoms with van der Waals surface area (Å²) in [6.07, 6.45) is 5.13. The van der Waals surface area contributed by atoms with Gasteiger partial charge in [0.1, 0.15) is 0 Å². The van der Waals surface area contributed by atoms with Crippen LogP contribution in [0.4, 0.5) is 5.95 Å². The number of hydrogen-bond donors (Lipinski definition) is 2. The first-order valence-electron chi connectivity index (χ1n) is 9.52. The number of guanidine groups is 1. The van der Waals surface area contributed by atoms with Crippen molar-refractivity contribution >= 4 is 41.8 Å². The van der Waals surface area contributed by atoms with Crippen LogP contribution in [0.3, 0.4) is 0 Å². The Morgan fingerprint density at radius 3 is 2.52 bits per heavy atom. The van der Waals surface area contributed by atoms with Crippen molar-refractivity contribution in [2.75, 3.05) is 44.2 Å². The molecule has 3 rings (SSSR count). The van der Waals surface area contributed by atoms with E-state index in [0.717, 1.165) is 31.5 Å². The van der Waals surface area contributed by atoms with Crippen LogP contribution in [0.15, 0.2) is 23.5 Å². The van der Waals surface area contributed by atoms with Crippen LogP contribution in [0, 0.1) is 5.92 Å². The number of nitrogens with zero attached hydrogens (tertiary/aromatic N) is 5. The fraction of sp³-hybridized carbons (Fsp3) is 0.667. The van der Waals surface area contributed by atoms with E-state index < -0.39 is 0 Å². The van der Waals surface area contributed by atoms with E-state index in [-0.39, 0.29) is 29.9 Å². The average Bonchev–Trinajstić information content (AvgIpc) is 3.37. The Labute approximate surface area is 178 Å². The van der Waals surface area contributed by atoms with Gasteiger partial charge in [0.15, 0.2) is 5.96 Å². The summed E-state index contributed by atoms with van der Waals surface area (Å²) in [5.41, 5.74) is 0. The molecular formula is C18H30IN7O. The Morgan fingerprint density at radius 2 is 1.93 bits per heavy atom. The van der Waals surface area contributed by atoms with Crippen molar-refractivity contribution in [1.82, 2.24) is 25.5 Å². The van der Waals surface area contributed by atoms with Crippen LogP contribution in [-0.2, 0) is 4.79 Å². The second-order valence-electron chi connectivity index (χ2n) is 6.89. The van der Waals surface area contributed by atoms with Gasteiger partial charge in [0, 0.05) is 57.6 Å². The number of hydrogen-bond acceptors (Lipinski definition) is 5. The highest BCUT2D eigenvalue weighted by atomic mass is 127. The van der Waals surface area contributed by atoms with E-state index >= 15 is 0 Å². The zero-order valence-corrected chi connectivity index (χ0v) is 18.4. The van der Waals surface area contributed by atoms with Crippen molar-refractivity contribution in [3.8, 4) is 0 Å². The smallest absolute Gasteiger partial charge is 0.225 e. The maximum Gasteiger partial charge on any atom is 0.225 e. The van der Waals surface area contributed by atoms with Gasteiger partial charge in [-0.3, -0.25) is 9.79 Å². The van der Waals surface area contributed by atoms with Crippen LogP contribution in [0.1, 0.15) is 26.7 Å². The lowest BCUT2D eigenvalue weighted by Crippen LogP contribution is -2.49. The average molecular weight is 487 g/mol. The third kappa shape index (κ3) is 6.47. The van der Waals surface area contributed by atoms with Crippen LogP contribution >= 0.6 is 24.0 Å². The zero-order valence-electron chi connectivity index (χ0n) is 16.1. The Morgan fingerprint density at radius 1 is 1.26 bits per heavy atom. The molecule has 0 aromatic carbocycles. The van der Waals surface area contributed by atoms with Gasteiger partial charge in [-0.2, -0.15) is 0 Å². The molecule has 150 valence electrons. The van der Waals surface area contributed by atoms with Gasteiger partial charge in [-0.1, -0.05) is 6.92 Å². The van der Waals surface area contributed by atoms with Crippen LogP contribution in [-0.4, -0.2) is 72.0 Å². The minimum atomic E-state index is 0. The second kappa shape index (κ2) is 10.6. The number of carbonyl (C=O) groups excluding carboxylic acids is 1. The van der Waals surface area contributed by atoms with E-state index in [1.54, 1.807) is 12.4 Å². The first-order valence-corrected chi connectivity index (χ1v) is 9.52. The Kier molecular flexibility index (Phi) is 8.52. The lowest BCUT2D eigenvalue weighted by atomic mass is 10.3. The van der Waals surface area contributed by atoms with Gasteiger partial charge >= 0.3 is 0 Å². The van der Waals surface area contributed by atoms with E-state index in [1.807, 2.05) is 11.0 Å². The molecule has 1 saturated heterocycles. The molecular weight excluding hydrogens is 457 g/mol. The predicted octanol–water partition coefficient (Wildman–Crippen LogP) is 1.10. The second-order valence-corrected chi connectivity index (χ2v) is 6.89. The van der Waals surface area contributed by atoms with Gasteiger partial charge in [0.2, 0.25) is 11.9 Å².